The SMILES string of the molecule is CC1C=Cc2c(-c3ccccc3)ccc(Br)c21. The van der Waals surface area contributed by atoms with Gasteiger partial charge in [0.2, 0.25) is 0 Å². The molecule has 0 heterocycles. The first-order valence-corrected chi connectivity index (χ1v) is 6.62. The van der Waals surface area contributed by atoms with E-state index < -0.39 is 0 Å². The third-order valence-corrected chi connectivity index (χ3v) is 4.02. The van der Waals surface area contributed by atoms with Crippen molar-refractivity contribution in [3.05, 3.63) is 64.1 Å². The molecule has 0 fully saturated rings. The highest BCUT2D eigenvalue weighted by molar-refractivity contribution is 9.10. The van der Waals surface area contributed by atoms with E-state index in [2.05, 4.69) is 77.5 Å². The fourth-order valence-corrected chi connectivity index (χ4v) is 3.17. The van der Waals surface area contributed by atoms with Crippen LogP contribution in [0.1, 0.15) is 24.0 Å². The van der Waals surface area contributed by atoms with E-state index in [0.29, 0.717) is 5.92 Å². The Balaban J connectivity index is 2.24. The Morgan fingerprint density at radius 3 is 2.53 bits per heavy atom. The summed E-state index contributed by atoms with van der Waals surface area (Å²) in [4.78, 5) is 0. The number of fused-ring (bicyclic) bond motifs is 1. The van der Waals surface area contributed by atoms with Gasteiger partial charge in [0.05, 0.1) is 0 Å². The van der Waals surface area contributed by atoms with E-state index in [1.807, 2.05) is 0 Å². The number of benzene rings is 2. The van der Waals surface area contributed by atoms with E-state index in [0.717, 1.165) is 0 Å². The van der Waals surface area contributed by atoms with Crippen molar-refractivity contribution >= 4 is 22.0 Å². The normalized spacial score (nSPS) is 17.2. The molecular weight excluding hydrogens is 272 g/mol. The summed E-state index contributed by atoms with van der Waals surface area (Å²) >= 11 is 3.65. The highest BCUT2D eigenvalue weighted by Gasteiger charge is 2.19. The summed E-state index contributed by atoms with van der Waals surface area (Å²) in [5.41, 5.74) is 5.38. The van der Waals surface area contributed by atoms with E-state index in [-0.39, 0.29) is 0 Å². The second-order valence-corrected chi connectivity index (χ2v) is 5.29. The van der Waals surface area contributed by atoms with Crippen LogP contribution in [0.15, 0.2) is 53.0 Å². The lowest BCUT2D eigenvalue weighted by atomic mass is 9.94. The molecular formula is C16H13Br. The number of rotatable bonds is 1. The summed E-state index contributed by atoms with van der Waals surface area (Å²) in [7, 11) is 0. The number of hydrogen-bond donors (Lipinski definition) is 0. The maximum absolute atomic E-state index is 3.65. The molecule has 2 aromatic carbocycles. The first-order valence-electron chi connectivity index (χ1n) is 5.83. The van der Waals surface area contributed by atoms with Crippen LogP contribution < -0.4 is 0 Å². The first-order chi connectivity index (χ1) is 8.27. The van der Waals surface area contributed by atoms with Crippen LogP contribution in [0.5, 0.6) is 0 Å². The van der Waals surface area contributed by atoms with Gasteiger partial charge in [-0.2, -0.15) is 0 Å². The van der Waals surface area contributed by atoms with Crippen LogP contribution in [0.2, 0.25) is 0 Å². The number of allylic oxidation sites excluding steroid dienone is 1. The van der Waals surface area contributed by atoms with Crippen molar-refractivity contribution in [2.24, 2.45) is 0 Å². The van der Waals surface area contributed by atoms with Crippen molar-refractivity contribution in [1.82, 2.24) is 0 Å². The molecule has 0 N–H and O–H groups in total. The Kier molecular flexibility index (Phi) is 2.64. The standard InChI is InChI=1S/C16H13Br/c1-11-7-8-14-13(9-10-15(17)16(11)14)12-5-3-2-4-6-12/h2-11H,1H3. The summed E-state index contributed by atoms with van der Waals surface area (Å²) in [5.74, 6) is 0.503. The zero-order chi connectivity index (χ0) is 11.8. The van der Waals surface area contributed by atoms with Gasteiger partial charge in [-0.15, -0.1) is 0 Å². The van der Waals surface area contributed by atoms with E-state index in [4.69, 9.17) is 0 Å². The number of halogens is 1. The molecule has 0 bridgehead atoms. The molecule has 1 aliphatic rings. The molecule has 1 aliphatic carbocycles. The van der Waals surface area contributed by atoms with Gasteiger partial charge < -0.3 is 0 Å². The monoisotopic (exact) mass is 284 g/mol. The highest BCUT2D eigenvalue weighted by Crippen LogP contribution is 2.40. The third-order valence-electron chi connectivity index (χ3n) is 3.33. The molecule has 0 amide bonds. The molecule has 0 aromatic heterocycles. The van der Waals surface area contributed by atoms with Crippen molar-refractivity contribution in [1.29, 1.82) is 0 Å². The van der Waals surface area contributed by atoms with Gasteiger partial charge in [-0.25, -0.2) is 0 Å². The van der Waals surface area contributed by atoms with Crippen LogP contribution in [0.3, 0.4) is 0 Å². The molecule has 3 rings (SSSR count). The fraction of sp³-hybridized carbons (Fsp3) is 0.125. The molecule has 0 saturated heterocycles. The molecule has 17 heavy (non-hydrogen) atoms. The quantitative estimate of drug-likeness (QED) is 0.671. The minimum atomic E-state index is 0.503. The largest absolute Gasteiger partial charge is 0.0766 e. The Hall–Kier alpha value is -1.34. The topological polar surface area (TPSA) is 0 Å². The predicted octanol–water partition coefficient (Wildman–Crippen LogP) is 5.25. The maximum Gasteiger partial charge on any atom is 0.0219 e. The average Bonchev–Trinajstić information content (AvgIpc) is 2.74. The Labute approximate surface area is 110 Å². The van der Waals surface area contributed by atoms with E-state index >= 15 is 0 Å². The van der Waals surface area contributed by atoms with Gasteiger partial charge in [-0.1, -0.05) is 71.4 Å². The summed E-state index contributed by atoms with van der Waals surface area (Å²) in [6.45, 7) is 2.24. The lowest BCUT2D eigenvalue weighted by molar-refractivity contribution is 0.982. The van der Waals surface area contributed by atoms with Gasteiger partial charge in [0.15, 0.2) is 0 Å². The molecule has 0 saturated carbocycles. The molecule has 1 atom stereocenters. The van der Waals surface area contributed by atoms with Gasteiger partial charge in [0.1, 0.15) is 0 Å². The van der Waals surface area contributed by atoms with Crippen molar-refractivity contribution < 1.29 is 0 Å². The minimum absolute atomic E-state index is 0.503. The van der Waals surface area contributed by atoms with E-state index in [9.17, 15) is 0 Å². The molecule has 0 spiro atoms. The van der Waals surface area contributed by atoms with Crippen LogP contribution in [0.25, 0.3) is 17.2 Å². The fourth-order valence-electron chi connectivity index (χ4n) is 2.46. The van der Waals surface area contributed by atoms with Crippen molar-refractivity contribution in [3.8, 4) is 11.1 Å². The van der Waals surface area contributed by atoms with Crippen molar-refractivity contribution in [3.63, 3.8) is 0 Å². The zero-order valence-corrected chi connectivity index (χ0v) is 11.2. The van der Waals surface area contributed by atoms with Crippen molar-refractivity contribution in [2.75, 3.05) is 0 Å². The lowest BCUT2D eigenvalue weighted by Crippen LogP contribution is -1.92. The highest BCUT2D eigenvalue weighted by atomic mass is 79.9. The Morgan fingerprint density at radius 2 is 1.76 bits per heavy atom. The van der Waals surface area contributed by atoms with Gasteiger partial charge in [0, 0.05) is 10.4 Å². The van der Waals surface area contributed by atoms with Crippen LogP contribution >= 0.6 is 15.9 Å². The number of hydrogen-bond acceptors (Lipinski definition) is 0. The molecule has 0 radical (unpaired) electrons. The molecule has 1 unspecified atom stereocenters. The summed E-state index contributed by atoms with van der Waals surface area (Å²) < 4.78 is 1.21. The van der Waals surface area contributed by atoms with Gasteiger partial charge in [-0.3, -0.25) is 0 Å². The maximum atomic E-state index is 3.65. The van der Waals surface area contributed by atoms with E-state index in [1.54, 1.807) is 0 Å². The van der Waals surface area contributed by atoms with Gasteiger partial charge in [-0.05, 0) is 28.3 Å². The molecule has 0 nitrogen and oxygen atoms in total. The molecule has 1 heteroatoms. The minimum Gasteiger partial charge on any atom is -0.0766 e. The van der Waals surface area contributed by atoms with Crippen molar-refractivity contribution in [2.45, 2.75) is 12.8 Å². The van der Waals surface area contributed by atoms with Crippen LogP contribution in [0, 0.1) is 0 Å². The van der Waals surface area contributed by atoms with Crippen LogP contribution in [0.4, 0.5) is 0 Å². The van der Waals surface area contributed by atoms with Gasteiger partial charge >= 0.3 is 0 Å². The second-order valence-electron chi connectivity index (χ2n) is 4.44. The smallest absolute Gasteiger partial charge is 0.0219 e. The average molecular weight is 285 g/mol. The molecule has 2 aromatic rings. The molecule has 84 valence electrons. The molecule has 0 aliphatic heterocycles. The summed E-state index contributed by atoms with van der Waals surface area (Å²) in [6, 6.07) is 14.9. The summed E-state index contributed by atoms with van der Waals surface area (Å²) in [5, 5.41) is 0. The Bertz CT molecular complexity index is 582. The second kappa shape index (κ2) is 4.15. The van der Waals surface area contributed by atoms with Crippen LogP contribution in [-0.2, 0) is 0 Å². The Morgan fingerprint density at radius 1 is 1.00 bits per heavy atom. The zero-order valence-electron chi connectivity index (χ0n) is 9.65. The third kappa shape index (κ3) is 1.75. The first kappa shape index (κ1) is 10.8. The van der Waals surface area contributed by atoms with E-state index in [1.165, 1.54) is 26.7 Å². The van der Waals surface area contributed by atoms with Gasteiger partial charge in [0.25, 0.3) is 0 Å². The lowest BCUT2D eigenvalue weighted by Gasteiger charge is -2.12. The van der Waals surface area contributed by atoms with Crippen LogP contribution in [-0.4, -0.2) is 0 Å². The summed E-state index contributed by atoms with van der Waals surface area (Å²) in [6.07, 6.45) is 4.51. The predicted molar refractivity (Wildman–Crippen MR) is 77.0 cm³/mol.